The van der Waals surface area contributed by atoms with Crippen LogP contribution in [0.4, 0.5) is 4.39 Å². The predicted molar refractivity (Wildman–Crippen MR) is 70.9 cm³/mol. The van der Waals surface area contributed by atoms with E-state index in [4.69, 9.17) is 4.74 Å². The minimum atomic E-state index is -0.261. The molecule has 4 N–H and O–H groups in total. The monoisotopic (exact) mass is 251 g/mol. The molecule has 0 bridgehead atoms. The van der Waals surface area contributed by atoms with Crippen LogP contribution >= 0.6 is 0 Å². The van der Waals surface area contributed by atoms with Gasteiger partial charge in [-0.15, -0.1) is 0 Å². The fourth-order valence-corrected chi connectivity index (χ4v) is 1.36. The summed E-state index contributed by atoms with van der Waals surface area (Å²) in [6, 6.07) is 8.36. The van der Waals surface area contributed by atoms with E-state index >= 15 is 0 Å². The first-order chi connectivity index (χ1) is 7.65. The van der Waals surface area contributed by atoms with Gasteiger partial charge in [0.05, 0.1) is 0 Å². The van der Waals surface area contributed by atoms with Crippen molar-refractivity contribution in [1.29, 1.82) is 0 Å². The van der Waals surface area contributed by atoms with Crippen LogP contribution in [0.1, 0.15) is 5.69 Å². The topological polar surface area (TPSA) is 85.1 Å². The third kappa shape index (κ3) is 3.83. The lowest BCUT2D eigenvalue weighted by Crippen LogP contribution is -2.07. The van der Waals surface area contributed by atoms with Gasteiger partial charge in [-0.25, -0.2) is 4.39 Å². The molecule has 0 saturated carbocycles. The van der Waals surface area contributed by atoms with Crippen molar-refractivity contribution in [2.24, 2.45) is 0 Å². The SMILES string of the molecule is Bc1ccc(Oc2ccnc(C)c2)cc1F.O.O. The predicted octanol–water partition coefficient (Wildman–Crippen LogP) is -0.0696. The van der Waals surface area contributed by atoms with Gasteiger partial charge in [0.25, 0.3) is 0 Å². The van der Waals surface area contributed by atoms with E-state index in [1.165, 1.54) is 6.07 Å². The van der Waals surface area contributed by atoms with Gasteiger partial charge in [0, 0.05) is 24.0 Å². The molecule has 2 aromatic rings. The average molecular weight is 251 g/mol. The highest BCUT2D eigenvalue weighted by Gasteiger charge is 2.01. The molecular weight excluding hydrogens is 236 g/mol. The number of hydrogen-bond acceptors (Lipinski definition) is 2. The summed E-state index contributed by atoms with van der Waals surface area (Å²) in [7, 11) is 1.72. The number of rotatable bonds is 2. The quantitative estimate of drug-likeness (QED) is 0.699. The third-order valence-electron chi connectivity index (χ3n) is 2.25. The highest BCUT2D eigenvalue weighted by atomic mass is 19.1. The molecule has 6 heteroatoms. The summed E-state index contributed by atoms with van der Waals surface area (Å²) >= 11 is 0. The van der Waals surface area contributed by atoms with Crippen molar-refractivity contribution in [3.8, 4) is 11.5 Å². The van der Waals surface area contributed by atoms with E-state index in [1.807, 2.05) is 6.92 Å². The lowest BCUT2D eigenvalue weighted by molar-refractivity contribution is 0.476. The van der Waals surface area contributed by atoms with Gasteiger partial charge in [-0.3, -0.25) is 4.98 Å². The molecule has 4 nitrogen and oxygen atoms in total. The van der Waals surface area contributed by atoms with Crippen molar-refractivity contribution in [3.63, 3.8) is 0 Å². The standard InChI is InChI=1S/C12H11BFNO.2H2O/c1-8-6-10(4-5-15-8)16-9-2-3-11(13)12(14)7-9;;/h2-7H,13H2,1H3;2*1H2. The average Bonchev–Trinajstić information content (AvgIpc) is 2.24. The van der Waals surface area contributed by atoms with Gasteiger partial charge in [-0.2, -0.15) is 0 Å². The normalized spacial score (nSPS) is 9.00. The molecule has 1 aromatic carbocycles. The molecule has 96 valence electrons. The molecular formula is C12H15BFNO3. The first kappa shape index (κ1) is 16.1. The highest BCUT2D eigenvalue weighted by Crippen LogP contribution is 2.20. The molecule has 0 fully saturated rings. The van der Waals surface area contributed by atoms with Crippen LogP contribution in [0.2, 0.25) is 0 Å². The minimum Gasteiger partial charge on any atom is -0.457 e. The Balaban J connectivity index is 0.00000144. The molecule has 0 amide bonds. The Morgan fingerprint density at radius 3 is 2.39 bits per heavy atom. The molecule has 0 aliphatic heterocycles. The number of nitrogens with zero attached hydrogens (tertiary/aromatic N) is 1. The molecule has 0 radical (unpaired) electrons. The van der Waals surface area contributed by atoms with E-state index in [0.29, 0.717) is 17.0 Å². The Hall–Kier alpha value is -1.92. The Morgan fingerprint density at radius 1 is 1.11 bits per heavy atom. The maximum absolute atomic E-state index is 13.3. The summed E-state index contributed by atoms with van der Waals surface area (Å²) in [6.45, 7) is 1.88. The largest absolute Gasteiger partial charge is 0.457 e. The van der Waals surface area contributed by atoms with Crippen LogP contribution < -0.4 is 10.2 Å². The molecule has 2 rings (SSSR count). The fourth-order valence-electron chi connectivity index (χ4n) is 1.36. The number of aryl methyl sites for hydroxylation is 1. The van der Waals surface area contributed by atoms with Crippen molar-refractivity contribution in [2.75, 3.05) is 0 Å². The highest BCUT2D eigenvalue weighted by molar-refractivity contribution is 6.32. The van der Waals surface area contributed by atoms with Crippen LogP contribution in [0.3, 0.4) is 0 Å². The van der Waals surface area contributed by atoms with E-state index in [9.17, 15) is 4.39 Å². The van der Waals surface area contributed by atoms with Crippen LogP contribution in [0.5, 0.6) is 11.5 Å². The van der Waals surface area contributed by atoms with E-state index < -0.39 is 0 Å². The van der Waals surface area contributed by atoms with Crippen LogP contribution in [0.15, 0.2) is 36.5 Å². The maximum Gasteiger partial charge on any atom is 0.143 e. The van der Waals surface area contributed by atoms with Gasteiger partial charge < -0.3 is 15.7 Å². The van der Waals surface area contributed by atoms with E-state index in [0.717, 1.165) is 5.69 Å². The zero-order valence-electron chi connectivity index (χ0n) is 10.2. The zero-order chi connectivity index (χ0) is 11.5. The number of aromatic nitrogens is 1. The number of pyridine rings is 1. The Bertz CT molecular complexity index is 522. The lowest BCUT2D eigenvalue weighted by Gasteiger charge is -2.06. The van der Waals surface area contributed by atoms with Crippen LogP contribution in [0.25, 0.3) is 0 Å². The second-order valence-electron chi connectivity index (χ2n) is 3.65. The zero-order valence-corrected chi connectivity index (χ0v) is 10.2. The van der Waals surface area contributed by atoms with Gasteiger partial charge in [0.15, 0.2) is 0 Å². The van der Waals surface area contributed by atoms with Crippen LogP contribution in [0, 0.1) is 12.7 Å². The molecule has 0 atom stereocenters. The number of ether oxygens (including phenoxy) is 1. The summed E-state index contributed by atoms with van der Waals surface area (Å²) < 4.78 is 18.8. The van der Waals surface area contributed by atoms with Gasteiger partial charge in [0.1, 0.15) is 25.2 Å². The second kappa shape index (κ2) is 6.73. The second-order valence-corrected chi connectivity index (χ2v) is 3.65. The molecule has 0 aliphatic carbocycles. The van der Waals surface area contributed by atoms with E-state index in [2.05, 4.69) is 4.98 Å². The minimum absolute atomic E-state index is 0. The van der Waals surface area contributed by atoms with Gasteiger partial charge in [-0.1, -0.05) is 11.5 Å². The maximum atomic E-state index is 13.3. The summed E-state index contributed by atoms with van der Waals surface area (Å²) in [5.41, 5.74) is 1.48. The smallest absolute Gasteiger partial charge is 0.143 e. The molecule has 0 unspecified atom stereocenters. The summed E-state index contributed by atoms with van der Waals surface area (Å²) in [6.07, 6.45) is 1.66. The number of hydrogen-bond donors (Lipinski definition) is 0. The third-order valence-corrected chi connectivity index (χ3v) is 2.25. The van der Waals surface area contributed by atoms with Gasteiger partial charge >= 0.3 is 0 Å². The Labute approximate surface area is 105 Å². The Morgan fingerprint density at radius 2 is 1.78 bits per heavy atom. The molecule has 0 spiro atoms. The lowest BCUT2D eigenvalue weighted by atomic mass is 9.96. The van der Waals surface area contributed by atoms with Crippen molar-refractivity contribution < 1.29 is 20.1 Å². The number of halogens is 1. The van der Waals surface area contributed by atoms with Gasteiger partial charge in [0.2, 0.25) is 0 Å². The number of benzene rings is 1. The summed E-state index contributed by atoms with van der Waals surface area (Å²) in [5.74, 6) is 0.896. The van der Waals surface area contributed by atoms with Crippen molar-refractivity contribution in [3.05, 3.63) is 48.0 Å². The molecule has 18 heavy (non-hydrogen) atoms. The first-order valence-corrected chi connectivity index (χ1v) is 5.02. The molecule has 0 saturated heterocycles. The van der Waals surface area contributed by atoms with Crippen LogP contribution in [-0.2, 0) is 0 Å². The van der Waals surface area contributed by atoms with Crippen LogP contribution in [-0.4, -0.2) is 23.8 Å². The summed E-state index contributed by atoms with van der Waals surface area (Å²) in [4.78, 5) is 4.06. The van der Waals surface area contributed by atoms with E-state index in [1.54, 1.807) is 38.3 Å². The fraction of sp³-hybridized carbons (Fsp3) is 0.0833. The first-order valence-electron chi connectivity index (χ1n) is 5.02. The molecule has 1 heterocycles. The van der Waals surface area contributed by atoms with E-state index in [-0.39, 0.29) is 16.8 Å². The van der Waals surface area contributed by atoms with Crippen molar-refractivity contribution in [2.45, 2.75) is 6.92 Å². The van der Waals surface area contributed by atoms with Gasteiger partial charge in [-0.05, 0) is 19.1 Å². The van der Waals surface area contributed by atoms with Crippen molar-refractivity contribution >= 4 is 13.3 Å². The Kier molecular flexibility index (Phi) is 6.02. The van der Waals surface area contributed by atoms with Crippen molar-refractivity contribution in [1.82, 2.24) is 4.98 Å². The summed E-state index contributed by atoms with van der Waals surface area (Å²) in [5, 5.41) is 0. The molecule has 0 aliphatic rings. The molecule has 1 aromatic heterocycles.